The number of nitrogens with two attached hydrogens (primary N) is 1. The first-order valence-corrected chi connectivity index (χ1v) is 7.05. The van der Waals surface area contributed by atoms with Crippen LogP contribution >= 0.6 is 15.9 Å². The maximum absolute atomic E-state index is 12.6. The molecule has 0 saturated carbocycles. The summed E-state index contributed by atoms with van der Waals surface area (Å²) in [5.74, 6) is -0.377. The van der Waals surface area contributed by atoms with Gasteiger partial charge < -0.3 is 5.73 Å². The highest BCUT2D eigenvalue weighted by Crippen LogP contribution is 2.18. The molecule has 0 bridgehead atoms. The average Bonchev–Trinajstić information content (AvgIpc) is 2.70. The van der Waals surface area contributed by atoms with E-state index in [0.717, 1.165) is 9.04 Å². The van der Waals surface area contributed by atoms with Gasteiger partial charge in [0.05, 0.1) is 11.0 Å². The number of imidazole rings is 1. The number of hydrogen-bond donors (Lipinski definition) is 1. The number of aryl methyl sites for hydroxylation is 1. The molecular formula is C15H12BrN3O2. The maximum atomic E-state index is 12.6. The molecule has 0 radical (unpaired) electrons. The minimum atomic E-state index is -0.388. The Hall–Kier alpha value is -2.34. The molecule has 3 aromatic rings. The number of anilines is 1. The van der Waals surface area contributed by atoms with Crippen LogP contribution in [-0.4, -0.2) is 15.0 Å². The molecule has 0 unspecified atom stereocenters. The lowest BCUT2D eigenvalue weighted by molar-refractivity contribution is 0.0960. The summed E-state index contributed by atoms with van der Waals surface area (Å²) in [7, 11) is 1.63. The lowest BCUT2D eigenvalue weighted by Gasteiger charge is -2.03. The van der Waals surface area contributed by atoms with E-state index in [1.165, 1.54) is 4.57 Å². The molecule has 1 heterocycles. The molecule has 0 spiro atoms. The summed E-state index contributed by atoms with van der Waals surface area (Å²) in [6.45, 7) is 0. The first-order valence-electron chi connectivity index (χ1n) is 6.26. The van der Waals surface area contributed by atoms with Crippen LogP contribution < -0.4 is 11.4 Å². The summed E-state index contributed by atoms with van der Waals surface area (Å²) in [6.07, 6.45) is 0. The fourth-order valence-corrected chi connectivity index (χ4v) is 2.71. The van der Waals surface area contributed by atoms with Gasteiger partial charge in [-0.25, -0.2) is 9.36 Å². The van der Waals surface area contributed by atoms with Gasteiger partial charge in [-0.15, -0.1) is 0 Å². The number of carbonyl (C=O) groups is 1. The third-order valence-electron chi connectivity index (χ3n) is 3.35. The lowest BCUT2D eigenvalue weighted by atomic mass is 10.2. The monoisotopic (exact) mass is 345 g/mol. The Morgan fingerprint density at radius 1 is 1.14 bits per heavy atom. The van der Waals surface area contributed by atoms with Crippen LogP contribution in [0, 0.1) is 0 Å². The number of rotatable bonds is 1. The van der Waals surface area contributed by atoms with E-state index in [-0.39, 0.29) is 11.6 Å². The Labute approximate surface area is 128 Å². The number of hydrogen-bond acceptors (Lipinski definition) is 3. The molecule has 1 aromatic heterocycles. The number of benzene rings is 2. The molecule has 0 amide bonds. The number of carbonyl (C=O) groups excluding carboxylic acids is 1. The molecular weight excluding hydrogens is 334 g/mol. The molecule has 21 heavy (non-hydrogen) atoms. The van der Waals surface area contributed by atoms with Gasteiger partial charge in [0.25, 0.3) is 5.91 Å². The van der Waals surface area contributed by atoms with E-state index in [4.69, 9.17) is 5.73 Å². The van der Waals surface area contributed by atoms with Crippen molar-refractivity contribution < 1.29 is 4.79 Å². The molecule has 0 aliphatic rings. The predicted octanol–water partition coefficient (Wildman–Crippen LogP) is 2.37. The van der Waals surface area contributed by atoms with Crippen LogP contribution in [0.5, 0.6) is 0 Å². The minimum absolute atomic E-state index is 0.377. The largest absolute Gasteiger partial charge is 0.399 e. The third kappa shape index (κ3) is 2.17. The number of nitrogens with zero attached hydrogens (tertiary/aromatic N) is 2. The Morgan fingerprint density at radius 2 is 1.90 bits per heavy atom. The van der Waals surface area contributed by atoms with Gasteiger partial charge in [0, 0.05) is 22.8 Å². The van der Waals surface area contributed by atoms with Crippen LogP contribution in [0.15, 0.2) is 51.7 Å². The van der Waals surface area contributed by atoms with E-state index >= 15 is 0 Å². The van der Waals surface area contributed by atoms with Crippen molar-refractivity contribution in [3.8, 4) is 0 Å². The molecule has 5 nitrogen and oxygen atoms in total. The summed E-state index contributed by atoms with van der Waals surface area (Å²) in [5, 5.41) is 0. The lowest BCUT2D eigenvalue weighted by Crippen LogP contribution is -2.28. The second-order valence-electron chi connectivity index (χ2n) is 4.74. The Bertz CT molecular complexity index is 924. The number of halogens is 1. The van der Waals surface area contributed by atoms with Crippen molar-refractivity contribution in [2.75, 3.05) is 5.73 Å². The second kappa shape index (κ2) is 4.89. The standard InChI is InChI=1S/C15H12BrN3O2/c1-18-12-6-5-11(17)8-13(12)19(15(18)21)14(20)9-3-2-4-10(16)7-9/h2-8H,17H2,1H3. The van der Waals surface area contributed by atoms with Crippen molar-refractivity contribution in [3.63, 3.8) is 0 Å². The fraction of sp³-hybridized carbons (Fsp3) is 0.0667. The zero-order valence-electron chi connectivity index (χ0n) is 11.2. The zero-order chi connectivity index (χ0) is 15.1. The molecule has 0 aliphatic carbocycles. The summed E-state index contributed by atoms with van der Waals surface area (Å²) >= 11 is 3.32. The van der Waals surface area contributed by atoms with Gasteiger partial charge in [-0.1, -0.05) is 22.0 Å². The first-order chi connectivity index (χ1) is 9.99. The van der Waals surface area contributed by atoms with Crippen molar-refractivity contribution in [1.29, 1.82) is 0 Å². The Kier molecular flexibility index (Phi) is 3.17. The Morgan fingerprint density at radius 3 is 2.62 bits per heavy atom. The van der Waals surface area contributed by atoms with Crippen LogP contribution in [0.1, 0.15) is 10.4 Å². The highest BCUT2D eigenvalue weighted by atomic mass is 79.9. The van der Waals surface area contributed by atoms with Gasteiger partial charge in [-0.2, -0.15) is 0 Å². The SMILES string of the molecule is Cn1c(=O)n(C(=O)c2cccc(Br)c2)c2cc(N)ccc21. The number of fused-ring (bicyclic) bond motifs is 1. The second-order valence-corrected chi connectivity index (χ2v) is 5.66. The van der Waals surface area contributed by atoms with Gasteiger partial charge in [-0.05, 0) is 36.4 Å². The molecule has 0 saturated heterocycles. The van der Waals surface area contributed by atoms with Crippen LogP contribution in [0.2, 0.25) is 0 Å². The molecule has 6 heteroatoms. The maximum Gasteiger partial charge on any atom is 0.335 e. The van der Waals surface area contributed by atoms with Crippen LogP contribution in [0.4, 0.5) is 5.69 Å². The number of nitrogen functional groups attached to an aromatic ring is 1. The smallest absolute Gasteiger partial charge is 0.335 e. The summed E-state index contributed by atoms with van der Waals surface area (Å²) in [6, 6.07) is 12.0. The molecule has 2 N–H and O–H groups in total. The van der Waals surface area contributed by atoms with E-state index < -0.39 is 0 Å². The third-order valence-corrected chi connectivity index (χ3v) is 3.85. The molecule has 0 fully saturated rings. The summed E-state index contributed by atoms with van der Waals surface area (Å²) < 4.78 is 3.36. The van der Waals surface area contributed by atoms with Crippen molar-refractivity contribution >= 4 is 38.6 Å². The predicted molar refractivity (Wildman–Crippen MR) is 85.5 cm³/mol. The van der Waals surface area contributed by atoms with Crippen molar-refractivity contribution in [1.82, 2.24) is 9.13 Å². The van der Waals surface area contributed by atoms with Gasteiger partial charge >= 0.3 is 5.69 Å². The van der Waals surface area contributed by atoms with Crippen LogP contribution in [0.25, 0.3) is 11.0 Å². The minimum Gasteiger partial charge on any atom is -0.399 e. The van der Waals surface area contributed by atoms with Gasteiger partial charge in [0.1, 0.15) is 0 Å². The molecule has 0 atom stereocenters. The zero-order valence-corrected chi connectivity index (χ0v) is 12.8. The Balaban J connectivity index is 2.30. The quantitative estimate of drug-likeness (QED) is 0.688. The highest BCUT2D eigenvalue weighted by Gasteiger charge is 2.18. The van der Waals surface area contributed by atoms with Crippen LogP contribution in [0.3, 0.4) is 0 Å². The van der Waals surface area contributed by atoms with Crippen molar-refractivity contribution in [3.05, 3.63) is 63.0 Å². The normalized spacial score (nSPS) is 11.0. The molecule has 106 valence electrons. The summed E-state index contributed by atoms with van der Waals surface area (Å²) in [5.41, 5.74) is 7.49. The van der Waals surface area contributed by atoms with E-state index in [0.29, 0.717) is 22.3 Å². The number of aromatic nitrogens is 2. The molecule has 0 aliphatic heterocycles. The fourth-order valence-electron chi connectivity index (χ4n) is 2.31. The first kappa shape index (κ1) is 13.6. The summed E-state index contributed by atoms with van der Waals surface area (Å²) in [4.78, 5) is 25.0. The van der Waals surface area contributed by atoms with Gasteiger partial charge in [-0.3, -0.25) is 9.36 Å². The van der Waals surface area contributed by atoms with E-state index in [1.54, 1.807) is 43.4 Å². The van der Waals surface area contributed by atoms with E-state index in [2.05, 4.69) is 15.9 Å². The van der Waals surface area contributed by atoms with Gasteiger partial charge in [0.15, 0.2) is 0 Å². The van der Waals surface area contributed by atoms with Crippen molar-refractivity contribution in [2.24, 2.45) is 7.05 Å². The van der Waals surface area contributed by atoms with Crippen LogP contribution in [-0.2, 0) is 7.05 Å². The molecule has 2 aromatic carbocycles. The topological polar surface area (TPSA) is 70.0 Å². The highest BCUT2D eigenvalue weighted by molar-refractivity contribution is 9.10. The van der Waals surface area contributed by atoms with E-state index in [1.807, 2.05) is 6.07 Å². The average molecular weight is 346 g/mol. The van der Waals surface area contributed by atoms with Gasteiger partial charge in [0.2, 0.25) is 0 Å². The molecule has 3 rings (SSSR count). The van der Waals surface area contributed by atoms with E-state index in [9.17, 15) is 9.59 Å². The van der Waals surface area contributed by atoms with Crippen molar-refractivity contribution in [2.45, 2.75) is 0 Å².